The molecular formula is C22H15ClN2O3. The number of carbonyl (C=O) groups is 1. The van der Waals surface area contributed by atoms with Gasteiger partial charge < -0.3 is 9.73 Å². The van der Waals surface area contributed by atoms with Crippen molar-refractivity contribution in [2.45, 2.75) is 0 Å². The number of amides is 1. The van der Waals surface area contributed by atoms with E-state index in [0.29, 0.717) is 28.1 Å². The number of hydrogen-bond donors (Lipinski definition) is 1. The van der Waals surface area contributed by atoms with Crippen LogP contribution in [0.1, 0.15) is 0 Å². The van der Waals surface area contributed by atoms with Gasteiger partial charge in [0.1, 0.15) is 17.2 Å². The summed E-state index contributed by atoms with van der Waals surface area (Å²) in [6.45, 7) is 0. The lowest BCUT2D eigenvalue weighted by Crippen LogP contribution is -2.12. The Bertz CT molecular complexity index is 1200. The van der Waals surface area contributed by atoms with Crippen molar-refractivity contribution in [3.05, 3.63) is 83.2 Å². The molecule has 2 aromatic heterocycles. The van der Waals surface area contributed by atoms with Crippen molar-refractivity contribution < 1.29 is 9.21 Å². The van der Waals surface area contributed by atoms with Gasteiger partial charge in [-0.15, -0.1) is 11.6 Å². The quantitative estimate of drug-likeness (QED) is 0.513. The van der Waals surface area contributed by atoms with Gasteiger partial charge in [0.15, 0.2) is 5.43 Å². The molecular weight excluding hydrogens is 376 g/mol. The van der Waals surface area contributed by atoms with Gasteiger partial charge in [0.2, 0.25) is 5.91 Å². The highest BCUT2D eigenvalue weighted by Gasteiger charge is 2.09. The number of carbonyl (C=O) groups excluding carboxylic acids is 1. The van der Waals surface area contributed by atoms with E-state index in [4.69, 9.17) is 16.0 Å². The van der Waals surface area contributed by atoms with E-state index < -0.39 is 0 Å². The average molecular weight is 391 g/mol. The number of nitrogens with one attached hydrogen (secondary N) is 1. The average Bonchev–Trinajstić information content (AvgIpc) is 2.74. The zero-order valence-corrected chi connectivity index (χ0v) is 15.4. The molecule has 0 bridgehead atoms. The summed E-state index contributed by atoms with van der Waals surface area (Å²) in [6, 6.07) is 19.9. The zero-order valence-electron chi connectivity index (χ0n) is 14.7. The zero-order chi connectivity index (χ0) is 19.5. The van der Waals surface area contributed by atoms with Crippen molar-refractivity contribution in [3.63, 3.8) is 0 Å². The first-order chi connectivity index (χ1) is 13.6. The largest absolute Gasteiger partial charge is 0.456 e. The highest BCUT2D eigenvalue weighted by atomic mass is 35.5. The Morgan fingerprint density at radius 3 is 2.54 bits per heavy atom. The number of nitrogens with zero attached hydrogens (tertiary/aromatic N) is 1. The molecule has 6 heteroatoms. The van der Waals surface area contributed by atoms with E-state index >= 15 is 0 Å². The van der Waals surface area contributed by atoms with Gasteiger partial charge in [0, 0.05) is 17.2 Å². The summed E-state index contributed by atoms with van der Waals surface area (Å²) in [7, 11) is 0. The minimum absolute atomic E-state index is 0.118. The van der Waals surface area contributed by atoms with Crippen LogP contribution in [0.5, 0.6) is 0 Å². The molecule has 0 unspecified atom stereocenters. The summed E-state index contributed by atoms with van der Waals surface area (Å²) in [5.41, 5.74) is 3.26. The van der Waals surface area contributed by atoms with Gasteiger partial charge in [-0.3, -0.25) is 14.6 Å². The fraction of sp³-hybridized carbons (Fsp3) is 0.0455. The Morgan fingerprint density at radius 2 is 1.82 bits per heavy atom. The first-order valence-electron chi connectivity index (χ1n) is 8.59. The molecule has 0 saturated carbocycles. The third-order valence-corrected chi connectivity index (χ3v) is 4.49. The summed E-state index contributed by atoms with van der Waals surface area (Å²) in [5.74, 6) is 0.116. The van der Waals surface area contributed by atoms with E-state index in [1.54, 1.807) is 30.5 Å². The number of pyridine rings is 1. The second-order valence-corrected chi connectivity index (χ2v) is 6.43. The standard InChI is InChI=1S/C22H15ClN2O3/c23-12-22(27)25-16-7-8-18(24-13-16)15-6-9-20-17(10-15)19(26)11-21(28-20)14-4-2-1-3-5-14/h1-11,13H,12H2,(H,25,27). The van der Waals surface area contributed by atoms with Crippen molar-refractivity contribution >= 4 is 34.2 Å². The SMILES string of the molecule is O=C(CCl)Nc1ccc(-c2ccc3oc(-c4ccccc4)cc(=O)c3c2)nc1. The fourth-order valence-electron chi connectivity index (χ4n) is 2.89. The molecule has 0 atom stereocenters. The predicted octanol–water partition coefficient (Wildman–Crippen LogP) is 4.70. The lowest BCUT2D eigenvalue weighted by molar-refractivity contribution is -0.113. The minimum atomic E-state index is -0.297. The number of anilines is 1. The summed E-state index contributed by atoms with van der Waals surface area (Å²) < 4.78 is 5.91. The maximum Gasteiger partial charge on any atom is 0.239 e. The normalized spacial score (nSPS) is 10.8. The monoisotopic (exact) mass is 390 g/mol. The van der Waals surface area contributed by atoms with E-state index in [1.165, 1.54) is 6.07 Å². The van der Waals surface area contributed by atoms with Crippen LogP contribution in [0.2, 0.25) is 0 Å². The number of benzene rings is 2. The molecule has 0 spiro atoms. The molecule has 1 amide bonds. The molecule has 28 heavy (non-hydrogen) atoms. The summed E-state index contributed by atoms with van der Waals surface area (Å²) in [6.07, 6.45) is 1.55. The molecule has 138 valence electrons. The number of hydrogen-bond acceptors (Lipinski definition) is 4. The minimum Gasteiger partial charge on any atom is -0.456 e. The van der Waals surface area contributed by atoms with Crippen LogP contribution in [0.15, 0.2) is 82.1 Å². The van der Waals surface area contributed by atoms with Crippen LogP contribution in [0.25, 0.3) is 33.6 Å². The number of fused-ring (bicyclic) bond motifs is 1. The van der Waals surface area contributed by atoms with E-state index in [0.717, 1.165) is 11.1 Å². The Kier molecular flexibility index (Phi) is 4.91. The highest BCUT2D eigenvalue weighted by Crippen LogP contribution is 2.26. The summed E-state index contributed by atoms with van der Waals surface area (Å²) in [4.78, 5) is 28.3. The van der Waals surface area contributed by atoms with Crippen LogP contribution in [0.4, 0.5) is 5.69 Å². The maximum atomic E-state index is 12.6. The van der Waals surface area contributed by atoms with Crippen molar-refractivity contribution in [1.82, 2.24) is 4.98 Å². The van der Waals surface area contributed by atoms with E-state index in [9.17, 15) is 9.59 Å². The Balaban J connectivity index is 1.69. The number of halogens is 1. The third-order valence-electron chi connectivity index (χ3n) is 4.25. The Hall–Kier alpha value is -3.44. The lowest BCUT2D eigenvalue weighted by Gasteiger charge is -2.07. The van der Waals surface area contributed by atoms with Gasteiger partial charge in [-0.2, -0.15) is 0 Å². The van der Waals surface area contributed by atoms with E-state index in [-0.39, 0.29) is 17.2 Å². The molecule has 0 saturated heterocycles. The molecule has 5 nitrogen and oxygen atoms in total. The predicted molar refractivity (Wildman–Crippen MR) is 111 cm³/mol. The molecule has 0 aliphatic heterocycles. The van der Waals surface area contributed by atoms with Gasteiger partial charge >= 0.3 is 0 Å². The molecule has 0 aliphatic rings. The molecule has 0 radical (unpaired) electrons. The Labute approximate surface area is 165 Å². The molecule has 4 rings (SSSR count). The number of aromatic nitrogens is 1. The van der Waals surface area contributed by atoms with Crippen molar-refractivity contribution in [1.29, 1.82) is 0 Å². The third kappa shape index (κ3) is 3.66. The smallest absolute Gasteiger partial charge is 0.239 e. The molecule has 0 fully saturated rings. The van der Waals surface area contributed by atoms with Crippen LogP contribution >= 0.6 is 11.6 Å². The van der Waals surface area contributed by atoms with Crippen LogP contribution in [-0.4, -0.2) is 16.8 Å². The van der Waals surface area contributed by atoms with Gasteiger partial charge in [0.25, 0.3) is 0 Å². The lowest BCUT2D eigenvalue weighted by atomic mass is 10.1. The summed E-state index contributed by atoms with van der Waals surface area (Å²) >= 11 is 5.48. The highest BCUT2D eigenvalue weighted by molar-refractivity contribution is 6.29. The summed E-state index contributed by atoms with van der Waals surface area (Å²) in [5, 5.41) is 3.12. The van der Waals surface area contributed by atoms with Crippen molar-refractivity contribution in [3.8, 4) is 22.6 Å². The maximum absolute atomic E-state index is 12.6. The van der Waals surface area contributed by atoms with E-state index in [1.807, 2.05) is 36.4 Å². The van der Waals surface area contributed by atoms with Crippen LogP contribution in [0, 0.1) is 0 Å². The van der Waals surface area contributed by atoms with Crippen LogP contribution < -0.4 is 10.7 Å². The van der Waals surface area contributed by atoms with Gasteiger partial charge in [-0.25, -0.2) is 0 Å². The van der Waals surface area contributed by atoms with Crippen molar-refractivity contribution in [2.75, 3.05) is 11.2 Å². The molecule has 2 heterocycles. The fourth-order valence-corrected chi connectivity index (χ4v) is 2.96. The molecule has 4 aromatic rings. The van der Waals surface area contributed by atoms with Gasteiger partial charge in [-0.1, -0.05) is 30.3 Å². The Morgan fingerprint density at radius 1 is 1.00 bits per heavy atom. The first kappa shape index (κ1) is 17.9. The number of alkyl halides is 1. The molecule has 0 aliphatic carbocycles. The second-order valence-electron chi connectivity index (χ2n) is 6.17. The van der Waals surface area contributed by atoms with Gasteiger partial charge in [-0.05, 0) is 30.3 Å². The second kappa shape index (κ2) is 7.66. The topological polar surface area (TPSA) is 72.2 Å². The molecule has 2 aromatic carbocycles. The molecule has 1 N–H and O–H groups in total. The number of rotatable bonds is 4. The van der Waals surface area contributed by atoms with Crippen molar-refractivity contribution in [2.24, 2.45) is 0 Å². The first-order valence-corrected chi connectivity index (χ1v) is 9.13. The van der Waals surface area contributed by atoms with Crippen LogP contribution in [0.3, 0.4) is 0 Å². The van der Waals surface area contributed by atoms with Crippen LogP contribution in [-0.2, 0) is 4.79 Å². The van der Waals surface area contributed by atoms with Gasteiger partial charge in [0.05, 0.1) is 23.0 Å². The van der Waals surface area contributed by atoms with E-state index in [2.05, 4.69) is 10.3 Å².